The molecular weight excluding hydrogens is 156 g/mol. The summed E-state index contributed by atoms with van der Waals surface area (Å²) in [6.45, 7) is 1.92. The van der Waals surface area contributed by atoms with Crippen molar-refractivity contribution in [1.29, 1.82) is 0 Å². The molecule has 0 saturated carbocycles. The maximum Gasteiger partial charge on any atom is 0.311 e. The van der Waals surface area contributed by atoms with Gasteiger partial charge in [0.25, 0.3) is 0 Å². The van der Waals surface area contributed by atoms with E-state index in [9.17, 15) is 4.79 Å². The van der Waals surface area contributed by atoms with E-state index >= 15 is 0 Å². The molecule has 0 amide bonds. The normalized spacial score (nSPS) is 9.92. The number of nitrogens with zero attached hydrogens (tertiary/aromatic N) is 2. The van der Waals surface area contributed by atoms with E-state index in [1.165, 1.54) is 7.11 Å². The lowest BCUT2D eigenvalue weighted by Gasteiger charge is -1.95. The summed E-state index contributed by atoms with van der Waals surface area (Å²) in [7, 11) is 3.20. The van der Waals surface area contributed by atoms with Crippen LogP contribution in [0.5, 0.6) is 0 Å². The second kappa shape index (κ2) is 3.38. The summed E-state index contributed by atoms with van der Waals surface area (Å²) in [6, 6.07) is 0. The molecule has 1 rings (SSSR count). The quantitative estimate of drug-likeness (QED) is 0.602. The van der Waals surface area contributed by atoms with Crippen molar-refractivity contribution in [1.82, 2.24) is 9.78 Å². The predicted molar refractivity (Wildman–Crippen MR) is 43.7 cm³/mol. The molecule has 0 fully saturated rings. The summed E-state index contributed by atoms with van der Waals surface area (Å²) in [5.74, 6) is -0.253. The average Bonchev–Trinajstić information content (AvgIpc) is 2.30. The van der Waals surface area contributed by atoms with Crippen LogP contribution >= 0.6 is 0 Å². The van der Waals surface area contributed by atoms with E-state index in [4.69, 9.17) is 0 Å². The molecule has 4 heteroatoms. The largest absolute Gasteiger partial charge is 0.469 e. The Kier molecular flexibility index (Phi) is 2.47. The van der Waals surface area contributed by atoms with Crippen LogP contribution in [-0.2, 0) is 23.0 Å². The zero-order valence-corrected chi connectivity index (χ0v) is 7.50. The molecule has 1 heterocycles. The Morgan fingerprint density at radius 1 is 1.75 bits per heavy atom. The van der Waals surface area contributed by atoms with Crippen LogP contribution in [0.3, 0.4) is 0 Å². The molecule has 0 N–H and O–H groups in total. The maximum atomic E-state index is 10.9. The molecule has 0 saturated heterocycles. The Morgan fingerprint density at radius 3 is 2.83 bits per heavy atom. The van der Waals surface area contributed by atoms with Gasteiger partial charge in [0, 0.05) is 13.2 Å². The van der Waals surface area contributed by atoms with Crippen LogP contribution in [0.4, 0.5) is 0 Å². The monoisotopic (exact) mass is 168 g/mol. The van der Waals surface area contributed by atoms with Crippen molar-refractivity contribution in [3.8, 4) is 0 Å². The minimum absolute atomic E-state index is 0.253. The Bertz CT molecular complexity index is 291. The van der Waals surface area contributed by atoms with Gasteiger partial charge in [-0.25, -0.2) is 0 Å². The Balaban J connectivity index is 2.75. The number of aromatic nitrogens is 2. The van der Waals surface area contributed by atoms with Crippen molar-refractivity contribution in [2.75, 3.05) is 7.11 Å². The molecule has 66 valence electrons. The van der Waals surface area contributed by atoms with E-state index in [2.05, 4.69) is 9.84 Å². The summed E-state index contributed by atoms with van der Waals surface area (Å²) in [4.78, 5) is 10.9. The van der Waals surface area contributed by atoms with E-state index in [1.807, 2.05) is 20.2 Å². The summed E-state index contributed by atoms with van der Waals surface area (Å²) >= 11 is 0. The SMILES string of the molecule is COC(=O)Cc1nn(C)cc1C. The highest BCUT2D eigenvalue weighted by molar-refractivity contribution is 5.72. The fourth-order valence-corrected chi connectivity index (χ4v) is 1.04. The third kappa shape index (κ3) is 1.84. The van der Waals surface area contributed by atoms with Crippen LogP contribution < -0.4 is 0 Å². The van der Waals surface area contributed by atoms with E-state index in [0.717, 1.165) is 11.3 Å². The molecule has 0 aliphatic heterocycles. The Morgan fingerprint density at radius 2 is 2.42 bits per heavy atom. The van der Waals surface area contributed by atoms with Gasteiger partial charge in [0.2, 0.25) is 0 Å². The van der Waals surface area contributed by atoms with Crippen LogP contribution in [0.25, 0.3) is 0 Å². The smallest absolute Gasteiger partial charge is 0.311 e. The molecule has 0 aliphatic carbocycles. The third-order valence-electron chi connectivity index (χ3n) is 1.65. The zero-order valence-electron chi connectivity index (χ0n) is 7.50. The van der Waals surface area contributed by atoms with Crippen molar-refractivity contribution >= 4 is 5.97 Å². The van der Waals surface area contributed by atoms with Gasteiger partial charge in [-0.05, 0) is 12.5 Å². The Hall–Kier alpha value is -1.32. The number of ether oxygens (including phenoxy) is 1. The number of esters is 1. The Labute approximate surface area is 71.1 Å². The standard InChI is InChI=1S/C8H12N2O2/c1-6-5-10(2)9-7(6)4-8(11)12-3/h5H,4H2,1-3H3. The van der Waals surface area contributed by atoms with Crippen LogP contribution in [0.2, 0.25) is 0 Å². The number of aryl methyl sites for hydroxylation is 2. The lowest BCUT2D eigenvalue weighted by molar-refractivity contribution is -0.139. The number of methoxy groups -OCH3 is 1. The first-order valence-electron chi connectivity index (χ1n) is 3.69. The number of rotatable bonds is 2. The summed E-state index contributed by atoms with van der Waals surface area (Å²) in [5.41, 5.74) is 1.80. The highest BCUT2D eigenvalue weighted by Gasteiger charge is 2.08. The van der Waals surface area contributed by atoms with Crippen LogP contribution in [0.1, 0.15) is 11.3 Å². The zero-order chi connectivity index (χ0) is 9.14. The first-order valence-corrected chi connectivity index (χ1v) is 3.69. The summed E-state index contributed by atoms with van der Waals surface area (Å²) in [5, 5.41) is 4.11. The van der Waals surface area contributed by atoms with Crippen molar-refractivity contribution < 1.29 is 9.53 Å². The van der Waals surface area contributed by atoms with Crippen LogP contribution in [0, 0.1) is 6.92 Å². The fourth-order valence-electron chi connectivity index (χ4n) is 1.04. The molecule has 0 aliphatic rings. The van der Waals surface area contributed by atoms with Gasteiger partial charge >= 0.3 is 5.97 Å². The van der Waals surface area contributed by atoms with Gasteiger partial charge in [-0.2, -0.15) is 5.10 Å². The number of hydrogen-bond acceptors (Lipinski definition) is 3. The van der Waals surface area contributed by atoms with Gasteiger partial charge in [0.1, 0.15) is 0 Å². The molecule has 0 bridgehead atoms. The van der Waals surface area contributed by atoms with Crippen molar-refractivity contribution in [2.45, 2.75) is 13.3 Å². The number of carbonyl (C=O) groups excluding carboxylic acids is 1. The molecule has 0 aromatic carbocycles. The summed E-state index contributed by atoms with van der Waals surface area (Å²) < 4.78 is 6.22. The molecule has 0 atom stereocenters. The van der Waals surface area contributed by atoms with E-state index in [1.54, 1.807) is 4.68 Å². The molecule has 0 spiro atoms. The van der Waals surface area contributed by atoms with Crippen molar-refractivity contribution in [3.05, 3.63) is 17.5 Å². The first-order chi connectivity index (χ1) is 5.63. The second-order valence-corrected chi connectivity index (χ2v) is 2.69. The lowest BCUT2D eigenvalue weighted by atomic mass is 10.2. The molecule has 0 radical (unpaired) electrons. The topological polar surface area (TPSA) is 44.1 Å². The van der Waals surface area contributed by atoms with Crippen LogP contribution in [-0.4, -0.2) is 22.9 Å². The number of carbonyl (C=O) groups is 1. The van der Waals surface area contributed by atoms with Gasteiger partial charge in [0.15, 0.2) is 0 Å². The molecular formula is C8H12N2O2. The van der Waals surface area contributed by atoms with E-state index in [0.29, 0.717) is 0 Å². The van der Waals surface area contributed by atoms with Gasteiger partial charge < -0.3 is 4.74 Å². The second-order valence-electron chi connectivity index (χ2n) is 2.69. The van der Waals surface area contributed by atoms with E-state index in [-0.39, 0.29) is 12.4 Å². The van der Waals surface area contributed by atoms with Gasteiger partial charge in [-0.15, -0.1) is 0 Å². The lowest BCUT2D eigenvalue weighted by Crippen LogP contribution is -2.06. The minimum Gasteiger partial charge on any atom is -0.469 e. The van der Waals surface area contributed by atoms with E-state index < -0.39 is 0 Å². The molecule has 0 unspecified atom stereocenters. The highest BCUT2D eigenvalue weighted by atomic mass is 16.5. The molecule has 4 nitrogen and oxygen atoms in total. The minimum atomic E-state index is -0.253. The number of hydrogen-bond donors (Lipinski definition) is 0. The van der Waals surface area contributed by atoms with Crippen molar-refractivity contribution in [2.24, 2.45) is 7.05 Å². The summed E-state index contributed by atoms with van der Waals surface area (Å²) in [6.07, 6.45) is 2.13. The fraction of sp³-hybridized carbons (Fsp3) is 0.500. The average molecular weight is 168 g/mol. The molecule has 1 aromatic heterocycles. The maximum absolute atomic E-state index is 10.9. The van der Waals surface area contributed by atoms with Crippen LogP contribution in [0.15, 0.2) is 6.20 Å². The predicted octanol–water partition coefficient (Wildman–Crippen LogP) is 0.444. The van der Waals surface area contributed by atoms with Crippen molar-refractivity contribution in [3.63, 3.8) is 0 Å². The van der Waals surface area contributed by atoms with Gasteiger partial charge in [-0.3, -0.25) is 9.48 Å². The first kappa shape index (κ1) is 8.77. The molecule has 1 aromatic rings. The molecule has 12 heavy (non-hydrogen) atoms. The van der Waals surface area contributed by atoms with Gasteiger partial charge in [0.05, 0.1) is 19.2 Å². The third-order valence-corrected chi connectivity index (χ3v) is 1.65. The van der Waals surface area contributed by atoms with Gasteiger partial charge in [-0.1, -0.05) is 0 Å². The highest BCUT2D eigenvalue weighted by Crippen LogP contribution is 2.05.